The number of nitrogens with zero attached hydrogens (tertiary/aromatic N) is 2. The third-order valence-electron chi connectivity index (χ3n) is 4.29. The van der Waals surface area contributed by atoms with Crippen LogP contribution in [0.4, 0.5) is 0 Å². The molecule has 2 nitrogen and oxygen atoms in total. The minimum absolute atomic E-state index is 0.855. The Bertz CT molecular complexity index is 237. The van der Waals surface area contributed by atoms with Crippen LogP contribution in [-0.4, -0.2) is 24.8 Å². The van der Waals surface area contributed by atoms with Gasteiger partial charge in [-0.05, 0) is 55.8 Å². The lowest BCUT2D eigenvalue weighted by atomic mass is 9.55. The monoisotopic (exact) mass is 192 g/mol. The van der Waals surface area contributed by atoms with E-state index in [9.17, 15) is 0 Å². The third kappa shape index (κ3) is 1.27. The molecule has 0 aromatic heterocycles. The molecule has 4 bridgehead atoms. The highest BCUT2D eigenvalue weighted by atomic mass is 15.4. The number of rotatable bonds is 1. The highest BCUT2D eigenvalue weighted by Crippen LogP contribution is 2.52. The Labute approximate surface area is 86.4 Å². The molecule has 2 heteroatoms. The van der Waals surface area contributed by atoms with Gasteiger partial charge in [-0.15, -0.1) is 0 Å². The second-order valence-corrected chi connectivity index (χ2v) is 5.68. The molecule has 0 spiro atoms. The van der Waals surface area contributed by atoms with E-state index in [0.717, 1.165) is 23.7 Å². The van der Waals surface area contributed by atoms with Crippen LogP contribution in [0.1, 0.15) is 32.1 Å². The van der Waals surface area contributed by atoms with Crippen molar-refractivity contribution >= 4 is 5.71 Å². The molecule has 0 saturated heterocycles. The van der Waals surface area contributed by atoms with Crippen molar-refractivity contribution in [2.75, 3.05) is 14.1 Å². The normalized spacial score (nSPS) is 44.3. The highest BCUT2D eigenvalue weighted by molar-refractivity contribution is 5.90. The van der Waals surface area contributed by atoms with Gasteiger partial charge in [-0.25, -0.2) is 0 Å². The van der Waals surface area contributed by atoms with E-state index >= 15 is 0 Å². The van der Waals surface area contributed by atoms with E-state index in [4.69, 9.17) is 5.10 Å². The number of hydrazone groups is 1. The molecule has 0 aliphatic heterocycles. The minimum atomic E-state index is 0.855. The summed E-state index contributed by atoms with van der Waals surface area (Å²) in [5, 5.41) is 6.72. The summed E-state index contributed by atoms with van der Waals surface area (Å²) in [7, 11) is 4.11. The summed E-state index contributed by atoms with van der Waals surface area (Å²) in [6.45, 7) is 0. The Morgan fingerprint density at radius 3 is 1.86 bits per heavy atom. The molecule has 0 atom stereocenters. The smallest absolute Gasteiger partial charge is 0.0442 e. The predicted octanol–water partition coefficient (Wildman–Crippen LogP) is 2.36. The standard InChI is InChI=1S/C12H20N2/c1-14(2)13-12-10-4-8-3-9(6-10)7-11(12)5-8/h8-11H,3-7H2,1-2H3. The lowest BCUT2D eigenvalue weighted by molar-refractivity contribution is 0.106. The zero-order chi connectivity index (χ0) is 9.71. The molecule has 4 aliphatic carbocycles. The molecule has 0 N–H and O–H groups in total. The molecular formula is C12H20N2. The molecule has 0 heterocycles. The summed E-state index contributed by atoms with van der Waals surface area (Å²) >= 11 is 0. The van der Waals surface area contributed by atoms with Gasteiger partial charge in [0.15, 0.2) is 0 Å². The Balaban J connectivity index is 1.88. The number of hydrogen-bond acceptors (Lipinski definition) is 2. The van der Waals surface area contributed by atoms with Crippen LogP contribution in [0.15, 0.2) is 5.10 Å². The second-order valence-electron chi connectivity index (χ2n) is 5.68. The van der Waals surface area contributed by atoms with Gasteiger partial charge >= 0.3 is 0 Å². The summed E-state index contributed by atoms with van der Waals surface area (Å²) in [5.74, 6) is 3.82. The van der Waals surface area contributed by atoms with Crippen molar-refractivity contribution in [3.63, 3.8) is 0 Å². The van der Waals surface area contributed by atoms with Crippen LogP contribution < -0.4 is 0 Å². The van der Waals surface area contributed by atoms with Gasteiger partial charge in [0, 0.05) is 19.8 Å². The van der Waals surface area contributed by atoms with Crippen LogP contribution in [0.2, 0.25) is 0 Å². The quantitative estimate of drug-likeness (QED) is 0.582. The van der Waals surface area contributed by atoms with E-state index in [1.807, 2.05) is 5.01 Å². The molecular weight excluding hydrogens is 172 g/mol. The predicted molar refractivity (Wildman–Crippen MR) is 58.2 cm³/mol. The first-order valence-corrected chi connectivity index (χ1v) is 5.98. The summed E-state index contributed by atoms with van der Waals surface area (Å²) < 4.78 is 0. The number of hydrogen-bond donors (Lipinski definition) is 0. The van der Waals surface area contributed by atoms with E-state index in [1.165, 1.54) is 32.1 Å². The first kappa shape index (κ1) is 8.75. The fourth-order valence-electron chi connectivity index (χ4n) is 4.06. The lowest BCUT2D eigenvalue weighted by Gasteiger charge is -2.50. The first-order valence-electron chi connectivity index (χ1n) is 5.98. The molecule has 0 radical (unpaired) electrons. The van der Waals surface area contributed by atoms with Crippen LogP contribution >= 0.6 is 0 Å². The molecule has 4 fully saturated rings. The largest absolute Gasteiger partial charge is 0.303 e. The van der Waals surface area contributed by atoms with Crippen LogP contribution in [0, 0.1) is 23.7 Å². The van der Waals surface area contributed by atoms with Crippen molar-refractivity contribution in [1.29, 1.82) is 0 Å². The maximum absolute atomic E-state index is 4.73. The average molecular weight is 192 g/mol. The van der Waals surface area contributed by atoms with Crippen molar-refractivity contribution in [2.45, 2.75) is 32.1 Å². The van der Waals surface area contributed by atoms with Gasteiger partial charge in [-0.3, -0.25) is 0 Å². The van der Waals surface area contributed by atoms with Crippen molar-refractivity contribution in [2.24, 2.45) is 28.8 Å². The topological polar surface area (TPSA) is 15.6 Å². The summed E-state index contributed by atoms with van der Waals surface area (Å²) in [6.07, 6.45) is 7.31. The Morgan fingerprint density at radius 2 is 1.43 bits per heavy atom. The SMILES string of the molecule is CN(C)N=C1C2CC3CC(C2)CC1C3. The van der Waals surface area contributed by atoms with Crippen molar-refractivity contribution in [3.05, 3.63) is 0 Å². The molecule has 0 amide bonds. The zero-order valence-corrected chi connectivity index (χ0v) is 9.24. The molecule has 0 aromatic rings. The van der Waals surface area contributed by atoms with Gasteiger partial charge in [0.05, 0.1) is 0 Å². The summed E-state index contributed by atoms with van der Waals surface area (Å²) in [4.78, 5) is 0. The van der Waals surface area contributed by atoms with Gasteiger partial charge < -0.3 is 5.01 Å². The van der Waals surface area contributed by atoms with E-state index < -0.39 is 0 Å². The molecule has 0 unspecified atom stereocenters. The van der Waals surface area contributed by atoms with Crippen LogP contribution in [0.3, 0.4) is 0 Å². The van der Waals surface area contributed by atoms with Crippen molar-refractivity contribution in [1.82, 2.24) is 5.01 Å². The molecule has 4 aliphatic rings. The summed E-state index contributed by atoms with van der Waals surface area (Å²) in [6, 6.07) is 0. The minimum Gasteiger partial charge on any atom is -0.303 e. The fraction of sp³-hybridized carbons (Fsp3) is 0.917. The highest BCUT2D eigenvalue weighted by Gasteiger charge is 2.46. The van der Waals surface area contributed by atoms with Gasteiger partial charge in [-0.2, -0.15) is 5.10 Å². The second kappa shape index (κ2) is 2.98. The van der Waals surface area contributed by atoms with E-state index in [0.29, 0.717) is 0 Å². The molecule has 78 valence electrons. The first-order chi connectivity index (χ1) is 6.72. The lowest BCUT2D eigenvalue weighted by Crippen LogP contribution is -2.46. The average Bonchev–Trinajstić information content (AvgIpc) is 2.09. The van der Waals surface area contributed by atoms with E-state index in [-0.39, 0.29) is 0 Å². The van der Waals surface area contributed by atoms with Gasteiger partial charge in [-0.1, -0.05) is 0 Å². The Hall–Kier alpha value is -0.530. The van der Waals surface area contributed by atoms with Gasteiger partial charge in [0.25, 0.3) is 0 Å². The molecule has 4 saturated carbocycles. The zero-order valence-electron chi connectivity index (χ0n) is 9.24. The van der Waals surface area contributed by atoms with Crippen LogP contribution in [0.25, 0.3) is 0 Å². The fourth-order valence-corrected chi connectivity index (χ4v) is 4.06. The molecule has 14 heavy (non-hydrogen) atoms. The van der Waals surface area contributed by atoms with Crippen LogP contribution in [0.5, 0.6) is 0 Å². The maximum Gasteiger partial charge on any atom is 0.0442 e. The molecule has 4 rings (SSSR count). The van der Waals surface area contributed by atoms with Crippen molar-refractivity contribution < 1.29 is 0 Å². The van der Waals surface area contributed by atoms with E-state index in [2.05, 4.69) is 14.1 Å². The Kier molecular flexibility index (Phi) is 1.86. The Morgan fingerprint density at radius 1 is 0.929 bits per heavy atom. The maximum atomic E-state index is 4.73. The molecule has 0 aromatic carbocycles. The van der Waals surface area contributed by atoms with Gasteiger partial charge in [0.2, 0.25) is 0 Å². The van der Waals surface area contributed by atoms with E-state index in [1.54, 1.807) is 5.71 Å². The van der Waals surface area contributed by atoms with Gasteiger partial charge in [0.1, 0.15) is 0 Å². The van der Waals surface area contributed by atoms with Crippen LogP contribution in [-0.2, 0) is 0 Å². The summed E-state index contributed by atoms with van der Waals surface area (Å²) in [5.41, 5.74) is 1.54. The third-order valence-corrected chi connectivity index (χ3v) is 4.29. The van der Waals surface area contributed by atoms with Crippen molar-refractivity contribution in [3.8, 4) is 0 Å².